The largest absolute Gasteiger partial charge is 0.391 e. The maximum absolute atomic E-state index is 13.3. The van der Waals surface area contributed by atoms with Crippen LogP contribution in [0.25, 0.3) is 0 Å². The molecule has 4 unspecified atom stereocenters. The number of nitriles is 1. The van der Waals surface area contributed by atoms with E-state index in [-0.39, 0.29) is 30.4 Å². The van der Waals surface area contributed by atoms with E-state index in [1.807, 2.05) is 18.2 Å². The Morgan fingerprint density at radius 3 is 2.37 bits per heavy atom. The molecule has 3 aromatic rings. The predicted molar refractivity (Wildman–Crippen MR) is 210 cm³/mol. The number of imide groups is 2. The number of nitrogens with zero attached hydrogens (tertiary/aromatic N) is 7. The fourth-order valence-corrected chi connectivity index (χ4v) is 8.86. The van der Waals surface area contributed by atoms with Gasteiger partial charge >= 0.3 is 0 Å². The number of hydrogen-bond acceptors (Lipinski definition) is 13. The highest BCUT2D eigenvalue weighted by atomic mass is 35.5. The second-order valence-electron chi connectivity index (χ2n) is 15.5. The van der Waals surface area contributed by atoms with E-state index < -0.39 is 41.7 Å². The molecule has 57 heavy (non-hydrogen) atoms. The summed E-state index contributed by atoms with van der Waals surface area (Å²) in [4.78, 5) is 71.4. The van der Waals surface area contributed by atoms with Gasteiger partial charge < -0.3 is 25.5 Å². The third-order valence-corrected chi connectivity index (χ3v) is 12.2. The summed E-state index contributed by atoms with van der Waals surface area (Å²) >= 11 is 6.15. The number of halogens is 1. The van der Waals surface area contributed by atoms with E-state index in [9.17, 15) is 29.1 Å². The van der Waals surface area contributed by atoms with Gasteiger partial charge in [0, 0.05) is 69.5 Å². The smallest absolute Gasteiger partial charge is 0.262 e. The van der Waals surface area contributed by atoms with Crippen molar-refractivity contribution in [3.05, 3.63) is 70.2 Å². The van der Waals surface area contributed by atoms with Gasteiger partial charge in [-0.1, -0.05) is 11.6 Å². The molecular weight excluding hydrogens is 752 g/mol. The highest BCUT2D eigenvalue weighted by molar-refractivity contribution is 6.32. The number of aromatic nitrogens is 2. The van der Waals surface area contributed by atoms with Gasteiger partial charge in [-0.15, -0.1) is 10.2 Å². The number of aliphatic hydroxyl groups is 1. The number of hydrogen-bond donors (Lipinski definition) is 4. The molecule has 2 aromatic carbocycles. The Morgan fingerprint density at radius 1 is 0.895 bits per heavy atom. The van der Waals surface area contributed by atoms with Crippen molar-refractivity contribution < 1.29 is 29.1 Å². The maximum atomic E-state index is 13.3. The number of benzene rings is 2. The molecule has 8 rings (SSSR count). The molecule has 4 fully saturated rings. The van der Waals surface area contributed by atoms with Crippen molar-refractivity contribution in [2.45, 2.75) is 56.7 Å². The van der Waals surface area contributed by atoms with Crippen LogP contribution in [0.4, 0.5) is 23.0 Å². The lowest BCUT2D eigenvalue weighted by atomic mass is 9.96. The number of rotatable bonds is 9. The molecule has 5 amide bonds. The van der Waals surface area contributed by atoms with Crippen molar-refractivity contribution in [2.24, 2.45) is 11.8 Å². The van der Waals surface area contributed by atoms with E-state index in [1.54, 1.807) is 36.4 Å². The maximum Gasteiger partial charge on any atom is 0.262 e. The minimum absolute atomic E-state index is 0.0832. The van der Waals surface area contributed by atoms with Crippen molar-refractivity contribution in [1.29, 1.82) is 5.26 Å². The number of anilines is 4. The van der Waals surface area contributed by atoms with E-state index in [2.05, 4.69) is 40.8 Å². The molecule has 1 aliphatic carbocycles. The Hall–Kier alpha value is -5.63. The molecule has 5 aliphatic rings. The minimum atomic E-state index is -0.983. The van der Waals surface area contributed by atoms with Gasteiger partial charge in [0.05, 0.1) is 33.9 Å². The highest BCUT2D eigenvalue weighted by Crippen LogP contribution is 2.33. The lowest BCUT2D eigenvalue weighted by Crippen LogP contribution is -2.54. The summed E-state index contributed by atoms with van der Waals surface area (Å²) in [5, 5.41) is 37.1. The average Bonchev–Trinajstić information content (AvgIpc) is 3.70. The molecule has 17 heteroatoms. The molecule has 0 radical (unpaired) electrons. The van der Waals surface area contributed by atoms with Crippen LogP contribution in [-0.4, -0.2) is 119 Å². The van der Waals surface area contributed by atoms with Crippen LogP contribution in [0.1, 0.15) is 64.8 Å². The van der Waals surface area contributed by atoms with E-state index in [4.69, 9.17) is 16.9 Å². The molecule has 1 aromatic heterocycles. The molecule has 4 atom stereocenters. The molecule has 5 heterocycles. The van der Waals surface area contributed by atoms with Crippen LogP contribution in [0, 0.1) is 23.2 Å². The van der Waals surface area contributed by atoms with Crippen molar-refractivity contribution in [2.75, 3.05) is 66.2 Å². The first-order chi connectivity index (χ1) is 27.5. The van der Waals surface area contributed by atoms with Gasteiger partial charge in [0.1, 0.15) is 12.1 Å². The predicted octanol–water partition coefficient (Wildman–Crippen LogP) is 2.63. The standard InChI is InChI=1S/C40H43ClN10O6/c41-30-19-26(2-1-24(30)21-42)43-31-17-25(18-33(31)52)37(54)44-34-6-7-35(47-46-34)50-11-9-23(10-12-50)22-48-13-15-49(16-14-48)27-3-4-28-29(20-27)40(57)51(39(28)56)32-5-8-36(53)45-38(32)55/h1-4,6-7,19-20,23,25,31-33,43,52H,5,8-18,22H2,(H,44,46,54)(H,45,53,55). The second kappa shape index (κ2) is 16.1. The number of aliphatic hydroxyl groups excluding tert-OH is 1. The molecule has 4 aliphatic heterocycles. The monoisotopic (exact) mass is 794 g/mol. The van der Waals surface area contributed by atoms with Gasteiger partial charge in [0.25, 0.3) is 11.8 Å². The summed E-state index contributed by atoms with van der Waals surface area (Å²) in [7, 11) is 0. The van der Waals surface area contributed by atoms with E-state index in [0.29, 0.717) is 46.4 Å². The highest BCUT2D eigenvalue weighted by Gasteiger charge is 2.45. The fourth-order valence-electron chi connectivity index (χ4n) is 8.64. The Kier molecular flexibility index (Phi) is 10.8. The first-order valence-electron chi connectivity index (χ1n) is 19.4. The Bertz CT molecular complexity index is 2130. The zero-order valence-corrected chi connectivity index (χ0v) is 32.0. The third kappa shape index (κ3) is 8.00. The quantitative estimate of drug-likeness (QED) is 0.231. The topological polar surface area (TPSA) is 204 Å². The van der Waals surface area contributed by atoms with E-state index in [0.717, 1.165) is 75.1 Å². The van der Waals surface area contributed by atoms with Crippen molar-refractivity contribution >= 4 is 64.1 Å². The molecule has 0 spiro atoms. The summed E-state index contributed by atoms with van der Waals surface area (Å²) in [5.74, 6) is -0.995. The zero-order valence-electron chi connectivity index (χ0n) is 31.2. The normalized spacial score (nSPS) is 24.3. The lowest BCUT2D eigenvalue weighted by molar-refractivity contribution is -0.136. The Balaban J connectivity index is 0.768. The Labute approximate surface area is 334 Å². The molecule has 3 saturated heterocycles. The number of piperazine rings is 1. The molecule has 0 bridgehead atoms. The van der Waals surface area contributed by atoms with Gasteiger partial charge in [-0.2, -0.15) is 5.26 Å². The summed E-state index contributed by atoms with van der Waals surface area (Å²) in [6.45, 7) is 5.99. The van der Waals surface area contributed by atoms with Gasteiger partial charge in [-0.3, -0.25) is 39.1 Å². The first-order valence-corrected chi connectivity index (χ1v) is 19.8. The van der Waals surface area contributed by atoms with Crippen molar-refractivity contribution in [3.63, 3.8) is 0 Å². The molecule has 1 saturated carbocycles. The van der Waals surface area contributed by atoms with Crippen molar-refractivity contribution in [1.82, 2.24) is 25.3 Å². The second-order valence-corrected chi connectivity index (χ2v) is 15.9. The summed E-state index contributed by atoms with van der Waals surface area (Å²) in [6.07, 6.45) is 2.24. The third-order valence-electron chi connectivity index (χ3n) is 11.9. The number of nitrogens with one attached hydrogen (secondary N) is 3. The van der Waals surface area contributed by atoms with Crippen LogP contribution in [0.15, 0.2) is 48.5 Å². The van der Waals surface area contributed by atoms with E-state index >= 15 is 0 Å². The lowest BCUT2D eigenvalue weighted by Gasteiger charge is -2.39. The van der Waals surface area contributed by atoms with Crippen LogP contribution in [0.2, 0.25) is 5.02 Å². The number of fused-ring (bicyclic) bond motifs is 1. The van der Waals surface area contributed by atoms with Crippen molar-refractivity contribution in [3.8, 4) is 6.07 Å². The van der Waals surface area contributed by atoms with Crippen LogP contribution >= 0.6 is 11.6 Å². The van der Waals surface area contributed by atoms with Gasteiger partial charge in [-0.05, 0) is 86.6 Å². The number of carbonyl (C=O) groups is 5. The molecule has 16 nitrogen and oxygen atoms in total. The van der Waals surface area contributed by atoms with Crippen LogP contribution in [0.5, 0.6) is 0 Å². The Morgan fingerprint density at radius 2 is 1.67 bits per heavy atom. The van der Waals surface area contributed by atoms with Gasteiger partial charge in [0.15, 0.2) is 11.6 Å². The average molecular weight is 795 g/mol. The zero-order chi connectivity index (χ0) is 39.8. The first kappa shape index (κ1) is 38.3. The van der Waals surface area contributed by atoms with Crippen LogP contribution in [-0.2, 0) is 14.4 Å². The minimum Gasteiger partial charge on any atom is -0.391 e. The fraction of sp³-hybridized carbons (Fsp3) is 0.450. The summed E-state index contributed by atoms with van der Waals surface area (Å²) in [5.41, 5.74) is 2.48. The number of amides is 5. The van der Waals surface area contributed by atoms with Gasteiger partial charge in [0.2, 0.25) is 17.7 Å². The molecular formula is C40H43ClN10O6. The SMILES string of the molecule is N#Cc1ccc(NC2CC(C(=O)Nc3ccc(N4CCC(CN5CCN(c6ccc7c(c6)C(=O)N(C6CCC(=O)NC6=O)C7=O)CC5)CC4)nn3)CC2O)cc1Cl. The molecule has 4 N–H and O–H groups in total. The molecule has 296 valence electrons. The summed E-state index contributed by atoms with van der Waals surface area (Å²) < 4.78 is 0. The van der Waals surface area contributed by atoms with E-state index in [1.165, 1.54) is 0 Å². The summed E-state index contributed by atoms with van der Waals surface area (Å²) in [6, 6.07) is 14.6. The van der Waals surface area contributed by atoms with Crippen LogP contribution in [0.3, 0.4) is 0 Å². The number of carbonyl (C=O) groups excluding carboxylic acids is 5. The number of piperidine rings is 2. The van der Waals surface area contributed by atoms with Gasteiger partial charge in [-0.25, -0.2) is 0 Å². The van der Waals surface area contributed by atoms with Crippen LogP contribution < -0.4 is 25.8 Å².